The predicted octanol–water partition coefficient (Wildman–Crippen LogP) is 3.68. The molecule has 0 aliphatic carbocycles. The third kappa shape index (κ3) is 5.36. The molecule has 2 amide bonds. The largest absolute Gasteiger partial charge is 0.356 e. The number of thioether (sulfide) groups is 1. The van der Waals surface area contributed by atoms with E-state index in [2.05, 4.69) is 10.6 Å². The summed E-state index contributed by atoms with van der Waals surface area (Å²) in [6.45, 7) is 3.72. The number of benzene rings is 2. The summed E-state index contributed by atoms with van der Waals surface area (Å²) in [5, 5.41) is 5.03. The van der Waals surface area contributed by atoms with E-state index in [0.29, 0.717) is 23.7 Å². The van der Waals surface area contributed by atoms with Crippen molar-refractivity contribution in [2.24, 2.45) is 0 Å². The number of hydrogen-bond donors (Lipinski definition) is 2. The zero-order valence-corrected chi connectivity index (χ0v) is 19.0. The number of anilines is 1. The molecule has 0 fully saturated rings. The van der Waals surface area contributed by atoms with Crippen LogP contribution in [0.4, 0.5) is 5.69 Å². The van der Waals surface area contributed by atoms with Crippen molar-refractivity contribution in [2.75, 3.05) is 11.9 Å². The molecule has 1 aliphatic heterocycles. The van der Waals surface area contributed by atoms with Crippen LogP contribution in [0.1, 0.15) is 25.8 Å². The number of carbonyl (C=O) groups excluding carboxylic acids is 2. The number of fused-ring (bicyclic) bond motifs is 1. The third-order valence-electron chi connectivity index (χ3n) is 4.86. The fourth-order valence-electron chi connectivity index (χ4n) is 3.04. The zero-order valence-electron chi connectivity index (χ0n) is 16.6. The van der Waals surface area contributed by atoms with Crippen molar-refractivity contribution >= 4 is 50.7 Å². The van der Waals surface area contributed by atoms with Crippen LogP contribution in [-0.2, 0) is 25.8 Å². The van der Waals surface area contributed by atoms with Gasteiger partial charge >= 0.3 is 0 Å². The Balaban J connectivity index is 1.59. The standard InChI is InChI=1S/C21H23ClN2O4S2/c1-13(11-20(25)23-10-9-15-3-5-16(22)6-4-15)30(27,28)17-7-8-19-18(12-17)24-21(26)14(2)29-19/h3-8,12-14H,9-11H2,1-2H3,(H,23,25)(H,24,26). The Morgan fingerprint density at radius 2 is 1.93 bits per heavy atom. The topological polar surface area (TPSA) is 92.3 Å². The molecule has 0 spiro atoms. The average Bonchev–Trinajstić information content (AvgIpc) is 2.70. The number of sulfone groups is 1. The van der Waals surface area contributed by atoms with Crippen molar-refractivity contribution in [2.45, 2.75) is 47.0 Å². The summed E-state index contributed by atoms with van der Waals surface area (Å²) < 4.78 is 25.8. The highest BCUT2D eigenvalue weighted by molar-refractivity contribution is 8.01. The van der Waals surface area contributed by atoms with Crippen LogP contribution >= 0.6 is 23.4 Å². The van der Waals surface area contributed by atoms with E-state index in [4.69, 9.17) is 11.6 Å². The lowest BCUT2D eigenvalue weighted by Gasteiger charge is -2.22. The van der Waals surface area contributed by atoms with E-state index in [1.807, 2.05) is 12.1 Å². The summed E-state index contributed by atoms with van der Waals surface area (Å²) in [6.07, 6.45) is 0.489. The number of rotatable bonds is 7. The van der Waals surface area contributed by atoms with Gasteiger partial charge in [0.25, 0.3) is 0 Å². The van der Waals surface area contributed by atoms with Gasteiger partial charge in [0, 0.05) is 22.9 Å². The number of amides is 2. The number of carbonyl (C=O) groups is 2. The van der Waals surface area contributed by atoms with Crippen molar-refractivity contribution in [3.63, 3.8) is 0 Å². The number of nitrogens with one attached hydrogen (secondary N) is 2. The van der Waals surface area contributed by atoms with E-state index in [0.717, 1.165) is 10.5 Å². The third-order valence-corrected chi connectivity index (χ3v) is 8.43. The Hall–Kier alpha value is -2.03. The molecule has 2 atom stereocenters. The van der Waals surface area contributed by atoms with Crippen LogP contribution < -0.4 is 10.6 Å². The van der Waals surface area contributed by atoms with Crippen LogP contribution in [0.15, 0.2) is 52.3 Å². The van der Waals surface area contributed by atoms with Gasteiger partial charge in [0.15, 0.2) is 9.84 Å². The molecule has 0 saturated heterocycles. The highest BCUT2D eigenvalue weighted by Crippen LogP contribution is 2.37. The van der Waals surface area contributed by atoms with Gasteiger partial charge in [-0.05, 0) is 56.2 Å². The molecule has 2 aromatic rings. The van der Waals surface area contributed by atoms with Gasteiger partial charge in [-0.15, -0.1) is 11.8 Å². The Morgan fingerprint density at radius 3 is 2.63 bits per heavy atom. The second-order valence-corrected chi connectivity index (χ2v) is 11.4. The fourth-order valence-corrected chi connectivity index (χ4v) is 5.47. The monoisotopic (exact) mass is 466 g/mol. The van der Waals surface area contributed by atoms with Crippen LogP contribution in [-0.4, -0.2) is 37.3 Å². The molecule has 1 aliphatic rings. The Morgan fingerprint density at radius 1 is 1.23 bits per heavy atom. The Bertz CT molecular complexity index is 1060. The van der Waals surface area contributed by atoms with E-state index < -0.39 is 15.1 Å². The van der Waals surface area contributed by atoms with Crippen LogP contribution in [0.2, 0.25) is 5.02 Å². The van der Waals surface area contributed by atoms with Crippen molar-refractivity contribution in [3.8, 4) is 0 Å². The van der Waals surface area contributed by atoms with Gasteiger partial charge in [-0.3, -0.25) is 9.59 Å². The van der Waals surface area contributed by atoms with Gasteiger partial charge in [-0.1, -0.05) is 23.7 Å². The van der Waals surface area contributed by atoms with Crippen molar-refractivity contribution < 1.29 is 18.0 Å². The maximum absolute atomic E-state index is 12.9. The SMILES string of the molecule is CC1Sc2ccc(S(=O)(=O)C(C)CC(=O)NCCc3ccc(Cl)cc3)cc2NC1=O. The number of halogens is 1. The first-order valence-corrected chi connectivity index (χ1v) is 12.3. The Kier molecular flexibility index (Phi) is 7.10. The maximum Gasteiger partial charge on any atom is 0.237 e. The fraction of sp³-hybridized carbons (Fsp3) is 0.333. The lowest BCUT2D eigenvalue weighted by atomic mass is 10.1. The minimum Gasteiger partial charge on any atom is -0.356 e. The first-order valence-electron chi connectivity index (χ1n) is 9.53. The zero-order chi connectivity index (χ0) is 21.9. The van der Waals surface area contributed by atoms with Crippen LogP contribution in [0.5, 0.6) is 0 Å². The molecule has 0 saturated carbocycles. The van der Waals surface area contributed by atoms with E-state index in [1.54, 1.807) is 25.1 Å². The minimum atomic E-state index is -3.72. The van der Waals surface area contributed by atoms with Crippen molar-refractivity contribution in [1.82, 2.24) is 5.32 Å². The highest BCUT2D eigenvalue weighted by Gasteiger charge is 2.29. The molecule has 0 radical (unpaired) electrons. The first kappa shape index (κ1) is 22.7. The lowest BCUT2D eigenvalue weighted by Crippen LogP contribution is -2.31. The van der Waals surface area contributed by atoms with Gasteiger partial charge in [-0.25, -0.2) is 8.42 Å². The van der Waals surface area contributed by atoms with Gasteiger partial charge in [-0.2, -0.15) is 0 Å². The van der Waals surface area contributed by atoms with Gasteiger partial charge < -0.3 is 10.6 Å². The molecule has 6 nitrogen and oxygen atoms in total. The minimum absolute atomic E-state index is 0.0955. The summed E-state index contributed by atoms with van der Waals surface area (Å²) in [5.74, 6) is -0.481. The second-order valence-electron chi connectivity index (χ2n) is 7.19. The van der Waals surface area contributed by atoms with E-state index >= 15 is 0 Å². The molecule has 0 bridgehead atoms. The van der Waals surface area contributed by atoms with Gasteiger partial charge in [0.1, 0.15) is 0 Å². The van der Waals surface area contributed by atoms with Crippen molar-refractivity contribution in [1.29, 1.82) is 0 Å². The molecule has 0 aromatic heterocycles. The first-order chi connectivity index (χ1) is 14.2. The van der Waals surface area contributed by atoms with Gasteiger partial charge in [0.2, 0.25) is 11.8 Å². The molecular weight excluding hydrogens is 444 g/mol. The summed E-state index contributed by atoms with van der Waals surface area (Å²) in [5.41, 5.74) is 1.52. The highest BCUT2D eigenvalue weighted by atomic mass is 35.5. The quantitative estimate of drug-likeness (QED) is 0.649. The van der Waals surface area contributed by atoms with Crippen LogP contribution in [0.3, 0.4) is 0 Å². The molecule has 2 unspecified atom stereocenters. The molecule has 3 rings (SSSR count). The van der Waals surface area contributed by atoms with E-state index in [1.165, 1.54) is 30.8 Å². The van der Waals surface area contributed by atoms with E-state index in [-0.39, 0.29) is 28.4 Å². The molecule has 1 heterocycles. The summed E-state index contributed by atoms with van der Waals surface area (Å²) in [7, 11) is -3.72. The normalized spacial score (nSPS) is 17.0. The molecular formula is C21H23ClN2O4S2. The lowest BCUT2D eigenvalue weighted by molar-refractivity contribution is -0.121. The predicted molar refractivity (Wildman–Crippen MR) is 120 cm³/mol. The molecule has 2 N–H and O–H groups in total. The molecule has 160 valence electrons. The second kappa shape index (κ2) is 9.41. The van der Waals surface area contributed by atoms with E-state index in [9.17, 15) is 18.0 Å². The van der Waals surface area contributed by atoms with Crippen LogP contribution in [0.25, 0.3) is 0 Å². The summed E-state index contributed by atoms with van der Waals surface area (Å²) in [6, 6.07) is 12.0. The smallest absolute Gasteiger partial charge is 0.237 e. The number of hydrogen-bond acceptors (Lipinski definition) is 5. The van der Waals surface area contributed by atoms with Crippen molar-refractivity contribution in [3.05, 3.63) is 53.1 Å². The maximum atomic E-state index is 12.9. The average molecular weight is 467 g/mol. The van der Waals surface area contributed by atoms with Crippen LogP contribution in [0, 0.1) is 0 Å². The summed E-state index contributed by atoms with van der Waals surface area (Å²) >= 11 is 7.24. The molecule has 30 heavy (non-hydrogen) atoms. The molecule has 9 heteroatoms. The van der Waals surface area contributed by atoms with Gasteiger partial charge in [0.05, 0.1) is 21.1 Å². The Labute approximate surface area is 185 Å². The molecule has 2 aromatic carbocycles. The summed E-state index contributed by atoms with van der Waals surface area (Å²) in [4.78, 5) is 25.0.